The predicted molar refractivity (Wildman–Crippen MR) is 65.2 cm³/mol. The monoisotopic (exact) mass is 222 g/mol. The standard InChI is InChI=1S/C13H22N2O/c16-13(15-12-3-1-2-4-12)6-5-11-7-9-14-10-8-11/h7,12,14H,1-6,8-10H2,(H,15,16). The molecule has 0 atom stereocenters. The maximum Gasteiger partial charge on any atom is 0.220 e. The number of hydrogen-bond acceptors (Lipinski definition) is 2. The summed E-state index contributed by atoms with van der Waals surface area (Å²) in [4.78, 5) is 11.7. The fraction of sp³-hybridized carbons (Fsp3) is 0.769. The first-order valence-corrected chi connectivity index (χ1v) is 6.52. The van der Waals surface area contributed by atoms with Crippen molar-refractivity contribution in [3.8, 4) is 0 Å². The van der Waals surface area contributed by atoms with Crippen LogP contribution in [0.25, 0.3) is 0 Å². The first-order valence-electron chi connectivity index (χ1n) is 6.52. The van der Waals surface area contributed by atoms with Gasteiger partial charge in [0, 0.05) is 19.0 Å². The Labute approximate surface area is 97.7 Å². The number of amides is 1. The van der Waals surface area contributed by atoms with Gasteiger partial charge in [-0.2, -0.15) is 0 Å². The second-order valence-corrected chi connectivity index (χ2v) is 4.87. The van der Waals surface area contributed by atoms with Crippen molar-refractivity contribution in [3.63, 3.8) is 0 Å². The van der Waals surface area contributed by atoms with Crippen molar-refractivity contribution in [1.82, 2.24) is 10.6 Å². The summed E-state index contributed by atoms with van der Waals surface area (Å²) in [6.07, 6.45) is 9.87. The largest absolute Gasteiger partial charge is 0.353 e. The molecule has 1 aliphatic carbocycles. The summed E-state index contributed by atoms with van der Waals surface area (Å²) < 4.78 is 0. The first kappa shape index (κ1) is 11.6. The van der Waals surface area contributed by atoms with Crippen LogP contribution in [-0.2, 0) is 4.79 Å². The zero-order valence-electron chi connectivity index (χ0n) is 9.93. The van der Waals surface area contributed by atoms with E-state index in [1.165, 1.54) is 31.3 Å². The van der Waals surface area contributed by atoms with E-state index in [1.54, 1.807) is 0 Å². The van der Waals surface area contributed by atoms with Crippen LogP contribution in [0.3, 0.4) is 0 Å². The Morgan fingerprint density at radius 3 is 2.94 bits per heavy atom. The molecule has 1 fully saturated rings. The Bertz CT molecular complexity index is 267. The van der Waals surface area contributed by atoms with Crippen LogP contribution in [0.15, 0.2) is 11.6 Å². The second-order valence-electron chi connectivity index (χ2n) is 4.87. The molecule has 2 N–H and O–H groups in total. The summed E-state index contributed by atoms with van der Waals surface area (Å²) >= 11 is 0. The normalized spacial score (nSPS) is 21.9. The average Bonchev–Trinajstić information content (AvgIpc) is 2.81. The van der Waals surface area contributed by atoms with Crippen LogP contribution < -0.4 is 10.6 Å². The smallest absolute Gasteiger partial charge is 0.220 e. The van der Waals surface area contributed by atoms with Crippen molar-refractivity contribution >= 4 is 5.91 Å². The molecule has 3 nitrogen and oxygen atoms in total. The van der Waals surface area contributed by atoms with Crippen molar-refractivity contribution in [3.05, 3.63) is 11.6 Å². The molecule has 16 heavy (non-hydrogen) atoms. The summed E-state index contributed by atoms with van der Waals surface area (Å²) in [6, 6.07) is 0.467. The van der Waals surface area contributed by atoms with Gasteiger partial charge >= 0.3 is 0 Å². The molecule has 3 heteroatoms. The van der Waals surface area contributed by atoms with E-state index in [4.69, 9.17) is 0 Å². The van der Waals surface area contributed by atoms with Crippen LogP contribution in [0.1, 0.15) is 44.9 Å². The van der Waals surface area contributed by atoms with Gasteiger partial charge in [0.05, 0.1) is 0 Å². The highest BCUT2D eigenvalue weighted by atomic mass is 16.1. The molecular formula is C13H22N2O. The highest BCUT2D eigenvalue weighted by Gasteiger charge is 2.17. The van der Waals surface area contributed by atoms with Gasteiger partial charge < -0.3 is 10.6 Å². The van der Waals surface area contributed by atoms with E-state index in [-0.39, 0.29) is 5.91 Å². The highest BCUT2D eigenvalue weighted by Crippen LogP contribution is 2.18. The van der Waals surface area contributed by atoms with Crippen molar-refractivity contribution < 1.29 is 4.79 Å². The van der Waals surface area contributed by atoms with Crippen molar-refractivity contribution in [2.45, 2.75) is 51.0 Å². The molecule has 1 heterocycles. The number of rotatable bonds is 4. The van der Waals surface area contributed by atoms with Gasteiger partial charge in [0.2, 0.25) is 5.91 Å². The molecule has 0 spiro atoms. The minimum Gasteiger partial charge on any atom is -0.353 e. The third-order valence-electron chi connectivity index (χ3n) is 3.55. The molecular weight excluding hydrogens is 200 g/mol. The van der Waals surface area contributed by atoms with Crippen LogP contribution in [-0.4, -0.2) is 25.0 Å². The molecule has 0 aromatic rings. The molecule has 0 bridgehead atoms. The van der Waals surface area contributed by atoms with Crippen LogP contribution in [0.2, 0.25) is 0 Å². The molecule has 0 aromatic heterocycles. The number of hydrogen-bond donors (Lipinski definition) is 2. The van der Waals surface area contributed by atoms with E-state index >= 15 is 0 Å². The Morgan fingerprint density at radius 1 is 1.44 bits per heavy atom. The van der Waals surface area contributed by atoms with E-state index in [2.05, 4.69) is 16.7 Å². The third-order valence-corrected chi connectivity index (χ3v) is 3.55. The highest BCUT2D eigenvalue weighted by molar-refractivity contribution is 5.76. The van der Waals surface area contributed by atoms with Gasteiger partial charge in [-0.15, -0.1) is 0 Å². The Balaban J connectivity index is 1.64. The lowest BCUT2D eigenvalue weighted by atomic mass is 10.0. The lowest BCUT2D eigenvalue weighted by molar-refractivity contribution is -0.121. The lowest BCUT2D eigenvalue weighted by Crippen LogP contribution is -2.32. The van der Waals surface area contributed by atoms with Crippen molar-refractivity contribution in [2.75, 3.05) is 13.1 Å². The molecule has 0 saturated heterocycles. The van der Waals surface area contributed by atoms with Crippen LogP contribution >= 0.6 is 0 Å². The fourth-order valence-corrected chi connectivity index (χ4v) is 2.54. The minimum absolute atomic E-state index is 0.242. The summed E-state index contributed by atoms with van der Waals surface area (Å²) in [5.74, 6) is 0.242. The summed E-state index contributed by atoms with van der Waals surface area (Å²) in [7, 11) is 0. The lowest BCUT2D eigenvalue weighted by Gasteiger charge is -2.15. The van der Waals surface area contributed by atoms with E-state index in [9.17, 15) is 4.79 Å². The summed E-state index contributed by atoms with van der Waals surface area (Å²) in [6.45, 7) is 2.04. The van der Waals surface area contributed by atoms with E-state index < -0.39 is 0 Å². The van der Waals surface area contributed by atoms with E-state index in [0.29, 0.717) is 12.5 Å². The predicted octanol–water partition coefficient (Wildman–Crippen LogP) is 1.75. The SMILES string of the molecule is O=C(CCC1=CCNCC1)NC1CCCC1. The molecule has 1 saturated carbocycles. The maximum atomic E-state index is 11.7. The topological polar surface area (TPSA) is 41.1 Å². The number of carbonyl (C=O) groups excluding carboxylic acids is 1. The van der Waals surface area contributed by atoms with Gasteiger partial charge in [-0.3, -0.25) is 4.79 Å². The van der Waals surface area contributed by atoms with Crippen LogP contribution in [0.4, 0.5) is 0 Å². The minimum atomic E-state index is 0.242. The van der Waals surface area contributed by atoms with Gasteiger partial charge in [-0.25, -0.2) is 0 Å². The maximum absolute atomic E-state index is 11.7. The van der Waals surface area contributed by atoms with E-state index in [1.807, 2.05) is 0 Å². The molecule has 2 rings (SSSR count). The van der Waals surface area contributed by atoms with Crippen LogP contribution in [0, 0.1) is 0 Å². The second kappa shape index (κ2) is 6.04. The van der Waals surface area contributed by atoms with Gasteiger partial charge in [-0.05, 0) is 32.2 Å². The molecule has 90 valence electrons. The molecule has 0 aromatic carbocycles. The van der Waals surface area contributed by atoms with Crippen molar-refractivity contribution in [2.24, 2.45) is 0 Å². The molecule has 0 radical (unpaired) electrons. The third kappa shape index (κ3) is 3.63. The Hall–Kier alpha value is -0.830. The molecule has 1 amide bonds. The molecule has 1 aliphatic heterocycles. The first-order chi connectivity index (χ1) is 7.84. The summed E-state index contributed by atoms with van der Waals surface area (Å²) in [5, 5.41) is 6.42. The van der Waals surface area contributed by atoms with Gasteiger partial charge in [0.1, 0.15) is 0 Å². The van der Waals surface area contributed by atoms with E-state index in [0.717, 1.165) is 25.9 Å². The summed E-state index contributed by atoms with van der Waals surface area (Å²) in [5.41, 5.74) is 1.44. The van der Waals surface area contributed by atoms with Crippen molar-refractivity contribution in [1.29, 1.82) is 0 Å². The number of carbonyl (C=O) groups is 1. The molecule has 2 aliphatic rings. The van der Waals surface area contributed by atoms with Gasteiger partial charge in [0.25, 0.3) is 0 Å². The molecule has 0 unspecified atom stereocenters. The van der Waals surface area contributed by atoms with Crippen LogP contribution in [0.5, 0.6) is 0 Å². The zero-order valence-corrected chi connectivity index (χ0v) is 9.93. The Kier molecular flexibility index (Phi) is 4.40. The van der Waals surface area contributed by atoms with Gasteiger partial charge in [0.15, 0.2) is 0 Å². The number of nitrogens with one attached hydrogen (secondary N) is 2. The Morgan fingerprint density at radius 2 is 2.25 bits per heavy atom. The zero-order chi connectivity index (χ0) is 11.2. The quantitative estimate of drug-likeness (QED) is 0.711. The average molecular weight is 222 g/mol. The fourth-order valence-electron chi connectivity index (χ4n) is 2.54. The van der Waals surface area contributed by atoms with Gasteiger partial charge in [-0.1, -0.05) is 24.5 Å².